The zero-order chi connectivity index (χ0) is 16.3. The van der Waals surface area contributed by atoms with Crippen molar-refractivity contribution in [3.63, 3.8) is 0 Å². The summed E-state index contributed by atoms with van der Waals surface area (Å²) in [6, 6.07) is 5.74. The second-order valence-electron chi connectivity index (χ2n) is 7.06. The zero-order valence-corrected chi connectivity index (χ0v) is 13.6. The molecule has 2 aliphatic heterocycles. The Kier molecular flexibility index (Phi) is 4.82. The van der Waals surface area contributed by atoms with Gasteiger partial charge < -0.3 is 20.9 Å². The van der Waals surface area contributed by atoms with Crippen molar-refractivity contribution < 1.29 is 9.18 Å². The van der Waals surface area contributed by atoms with Crippen molar-refractivity contribution in [2.75, 3.05) is 38.0 Å². The molecule has 2 amide bonds. The molecule has 2 unspecified atom stereocenters. The third kappa shape index (κ3) is 4.42. The fourth-order valence-corrected chi connectivity index (χ4v) is 3.52. The molecule has 2 fully saturated rings. The lowest BCUT2D eigenvalue weighted by Crippen LogP contribution is -2.41. The van der Waals surface area contributed by atoms with Crippen molar-refractivity contribution in [3.05, 3.63) is 30.1 Å². The van der Waals surface area contributed by atoms with E-state index in [1.165, 1.54) is 18.6 Å². The number of rotatable bonds is 4. The van der Waals surface area contributed by atoms with Gasteiger partial charge in [0.2, 0.25) is 0 Å². The Morgan fingerprint density at radius 3 is 2.91 bits per heavy atom. The van der Waals surface area contributed by atoms with Gasteiger partial charge in [-0.05, 0) is 49.1 Å². The Morgan fingerprint density at radius 2 is 2.22 bits per heavy atom. The van der Waals surface area contributed by atoms with Gasteiger partial charge in [-0.1, -0.05) is 6.92 Å². The Balaban J connectivity index is 1.44. The lowest BCUT2D eigenvalue weighted by molar-refractivity contribution is 0.205. The lowest BCUT2D eigenvalue weighted by atomic mass is 9.89. The third-order valence-corrected chi connectivity index (χ3v) is 4.77. The highest BCUT2D eigenvalue weighted by Crippen LogP contribution is 2.27. The maximum absolute atomic E-state index is 12.9. The number of carbonyl (C=O) groups is 1. The van der Waals surface area contributed by atoms with Gasteiger partial charge in [0.25, 0.3) is 0 Å². The summed E-state index contributed by atoms with van der Waals surface area (Å²) >= 11 is 0. The first-order valence-corrected chi connectivity index (χ1v) is 8.29. The number of benzene rings is 1. The number of hydrogen-bond acceptors (Lipinski definition) is 3. The molecule has 0 aliphatic carbocycles. The van der Waals surface area contributed by atoms with Crippen LogP contribution < -0.4 is 16.0 Å². The molecule has 0 spiro atoms. The molecule has 5 nitrogen and oxygen atoms in total. The van der Waals surface area contributed by atoms with Crippen molar-refractivity contribution in [2.45, 2.75) is 25.8 Å². The first kappa shape index (κ1) is 16.2. The predicted molar refractivity (Wildman–Crippen MR) is 89.0 cm³/mol. The summed E-state index contributed by atoms with van der Waals surface area (Å²) in [4.78, 5) is 14.5. The standard InChI is InChI=1S/C17H25FN4O/c1-17(7-8-19-11-17)12-22-9-6-15(10-22)21-16(23)20-14-4-2-13(18)3-5-14/h2-5,15,19H,6-12H2,1H3,(H2,20,21,23). The predicted octanol–water partition coefficient (Wildman–Crippen LogP) is 2.02. The van der Waals surface area contributed by atoms with Gasteiger partial charge in [0, 0.05) is 37.9 Å². The van der Waals surface area contributed by atoms with E-state index in [1.54, 1.807) is 12.1 Å². The SMILES string of the molecule is CC1(CN2CCC(NC(=O)Nc3ccc(F)cc3)C2)CCNC1. The van der Waals surface area contributed by atoms with Crippen LogP contribution in [-0.4, -0.2) is 49.7 Å². The number of likely N-dealkylation sites (tertiary alicyclic amines) is 1. The Hall–Kier alpha value is -1.66. The summed E-state index contributed by atoms with van der Waals surface area (Å²) < 4.78 is 12.9. The molecule has 0 radical (unpaired) electrons. The van der Waals surface area contributed by atoms with E-state index in [2.05, 4.69) is 27.8 Å². The number of anilines is 1. The number of halogens is 1. The summed E-state index contributed by atoms with van der Waals surface area (Å²) in [6.45, 7) is 7.51. The fraction of sp³-hybridized carbons (Fsp3) is 0.588. The van der Waals surface area contributed by atoms with Crippen LogP contribution in [0.5, 0.6) is 0 Å². The van der Waals surface area contributed by atoms with Crippen LogP contribution in [0.15, 0.2) is 24.3 Å². The van der Waals surface area contributed by atoms with Crippen LogP contribution in [0.3, 0.4) is 0 Å². The van der Waals surface area contributed by atoms with Gasteiger partial charge in [0.15, 0.2) is 0 Å². The van der Waals surface area contributed by atoms with E-state index in [9.17, 15) is 9.18 Å². The van der Waals surface area contributed by atoms with Crippen molar-refractivity contribution >= 4 is 11.7 Å². The lowest BCUT2D eigenvalue weighted by Gasteiger charge is -2.29. The minimum absolute atomic E-state index is 0.174. The number of nitrogens with zero attached hydrogens (tertiary/aromatic N) is 1. The van der Waals surface area contributed by atoms with Crippen molar-refractivity contribution in [3.8, 4) is 0 Å². The molecule has 1 aromatic rings. The van der Waals surface area contributed by atoms with Gasteiger partial charge in [-0.15, -0.1) is 0 Å². The van der Waals surface area contributed by atoms with Gasteiger partial charge in [0.1, 0.15) is 5.82 Å². The number of carbonyl (C=O) groups excluding carboxylic acids is 1. The normalized spacial score (nSPS) is 28.0. The maximum atomic E-state index is 12.9. The topological polar surface area (TPSA) is 56.4 Å². The molecule has 3 rings (SSSR count). The molecule has 1 aromatic carbocycles. The molecule has 2 heterocycles. The zero-order valence-electron chi connectivity index (χ0n) is 13.6. The van der Waals surface area contributed by atoms with E-state index >= 15 is 0 Å². The average Bonchev–Trinajstić information content (AvgIpc) is 3.11. The molecule has 2 atom stereocenters. The van der Waals surface area contributed by atoms with E-state index in [4.69, 9.17) is 0 Å². The van der Waals surface area contributed by atoms with Crippen molar-refractivity contribution in [1.29, 1.82) is 0 Å². The average molecular weight is 320 g/mol. The van der Waals surface area contributed by atoms with Crippen LogP contribution in [0.4, 0.5) is 14.9 Å². The molecule has 126 valence electrons. The highest BCUT2D eigenvalue weighted by molar-refractivity contribution is 5.89. The summed E-state index contributed by atoms with van der Waals surface area (Å²) in [5, 5.41) is 9.18. The van der Waals surface area contributed by atoms with E-state index < -0.39 is 0 Å². The molecular weight excluding hydrogens is 295 g/mol. The van der Waals surface area contributed by atoms with Crippen molar-refractivity contribution in [2.24, 2.45) is 5.41 Å². The van der Waals surface area contributed by atoms with E-state index in [0.29, 0.717) is 11.1 Å². The van der Waals surface area contributed by atoms with Gasteiger partial charge in [-0.2, -0.15) is 0 Å². The Bertz CT molecular complexity index is 542. The van der Waals surface area contributed by atoms with Crippen LogP contribution in [0, 0.1) is 11.2 Å². The molecular formula is C17H25FN4O. The minimum atomic E-state index is -0.308. The first-order valence-electron chi connectivity index (χ1n) is 8.29. The molecule has 0 bridgehead atoms. The molecule has 2 aliphatic rings. The molecule has 0 saturated carbocycles. The Morgan fingerprint density at radius 1 is 1.43 bits per heavy atom. The van der Waals surface area contributed by atoms with Crippen LogP contribution >= 0.6 is 0 Å². The van der Waals surface area contributed by atoms with Gasteiger partial charge in [-0.25, -0.2) is 9.18 Å². The number of urea groups is 1. The third-order valence-electron chi connectivity index (χ3n) is 4.77. The van der Waals surface area contributed by atoms with Crippen LogP contribution in [0.1, 0.15) is 19.8 Å². The molecule has 3 N–H and O–H groups in total. The summed E-state index contributed by atoms with van der Waals surface area (Å²) in [5.74, 6) is -0.308. The summed E-state index contributed by atoms with van der Waals surface area (Å²) in [5.41, 5.74) is 0.953. The van der Waals surface area contributed by atoms with Crippen molar-refractivity contribution in [1.82, 2.24) is 15.5 Å². The quantitative estimate of drug-likeness (QED) is 0.795. The highest BCUT2D eigenvalue weighted by Gasteiger charge is 2.33. The van der Waals surface area contributed by atoms with E-state index in [-0.39, 0.29) is 17.9 Å². The number of nitrogens with one attached hydrogen (secondary N) is 3. The highest BCUT2D eigenvalue weighted by atomic mass is 19.1. The Labute approximate surface area is 136 Å². The second kappa shape index (κ2) is 6.84. The van der Waals surface area contributed by atoms with E-state index in [1.807, 2.05) is 0 Å². The molecule has 6 heteroatoms. The smallest absolute Gasteiger partial charge is 0.319 e. The van der Waals surface area contributed by atoms with E-state index in [0.717, 1.165) is 39.1 Å². The number of amides is 2. The fourth-order valence-electron chi connectivity index (χ4n) is 3.52. The van der Waals surface area contributed by atoms with Gasteiger partial charge in [-0.3, -0.25) is 0 Å². The maximum Gasteiger partial charge on any atom is 0.319 e. The molecule has 2 saturated heterocycles. The van der Waals surface area contributed by atoms with Gasteiger partial charge in [0.05, 0.1) is 0 Å². The first-order chi connectivity index (χ1) is 11.0. The van der Waals surface area contributed by atoms with Gasteiger partial charge >= 0.3 is 6.03 Å². The molecule has 23 heavy (non-hydrogen) atoms. The molecule has 0 aromatic heterocycles. The second-order valence-corrected chi connectivity index (χ2v) is 7.06. The van der Waals surface area contributed by atoms with Crippen LogP contribution in [-0.2, 0) is 0 Å². The largest absolute Gasteiger partial charge is 0.334 e. The van der Waals surface area contributed by atoms with Crippen LogP contribution in [0.25, 0.3) is 0 Å². The number of hydrogen-bond donors (Lipinski definition) is 3. The van der Waals surface area contributed by atoms with Crippen LogP contribution in [0.2, 0.25) is 0 Å². The summed E-state index contributed by atoms with van der Waals surface area (Å²) in [7, 11) is 0. The minimum Gasteiger partial charge on any atom is -0.334 e. The monoisotopic (exact) mass is 320 g/mol. The summed E-state index contributed by atoms with van der Waals surface area (Å²) in [6.07, 6.45) is 2.19.